The zero-order chi connectivity index (χ0) is 12.3. The molecule has 0 spiro atoms. The van der Waals surface area contributed by atoms with Gasteiger partial charge in [-0.25, -0.2) is 0 Å². The molecule has 0 fully saturated rings. The minimum Gasteiger partial charge on any atom is -0.371 e. The van der Waals surface area contributed by atoms with Crippen LogP contribution in [0.2, 0.25) is 10.0 Å². The van der Waals surface area contributed by atoms with Gasteiger partial charge in [0.1, 0.15) is 5.69 Å². The first kappa shape index (κ1) is 12.5. The van der Waals surface area contributed by atoms with Crippen LogP contribution in [0.1, 0.15) is 0 Å². The number of rotatable bonds is 4. The molecule has 0 unspecified atom stereocenters. The van der Waals surface area contributed by atoms with Crippen LogP contribution in [0, 0.1) is 10.1 Å². The summed E-state index contributed by atoms with van der Waals surface area (Å²) in [6, 6.07) is 2.37. The molecular weight excluding hydrogens is 257 g/mol. The molecule has 1 rings (SSSR count). The van der Waals surface area contributed by atoms with E-state index in [1.807, 2.05) is 0 Å². The molecule has 0 bridgehead atoms. The lowest BCUT2D eigenvalue weighted by atomic mass is 10.2. The van der Waals surface area contributed by atoms with Crippen LogP contribution in [0.25, 0.3) is 0 Å². The normalized spacial score (nSPS) is 9.88. The number of nitro benzene ring substituents is 1. The average Bonchev–Trinajstić information content (AvgIpc) is 2.18. The van der Waals surface area contributed by atoms with E-state index in [-0.39, 0.29) is 28.0 Å². The van der Waals surface area contributed by atoms with Gasteiger partial charge in [-0.3, -0.25) is 14.9 Å². The largest absolute Gasteiger partial charge is 0.371 e. The first-order valence-electron chi connectivity index (χ1n) is 4.07. The van der Waals surface area contributed by atoms with Crippen LogP contribution < -0.4 is 11.1 Å². The molecule has 3 N–H and O–H groups in total. The SMILES string of the molecule is NC(=O)CNc1cc(Cl)c(Cl)cc1[N+](=O)[O-]. The number of nitrogens with two attached hydrogens (primary N) is 1. The van der Waals surface area contributed by atoms with Crippen molar-refractivity contribution in [2.24, 2.45) is 5.73 Å². The first-order valence-corrected chi connectivity index (χ1v) is 4.83. The van der Waals surface area contributed by atoms with Crippen LogP contribution in [-0.4, -0.2) is 17.4 Å². The molecule has 0 radical (unpaired) electrons. The van der Waals surface area contributed by atoms with Gasteiger partial charge in [0, 0.05) is 6.07 Å². The van der Waals surface area contributed by atoms with Gasteiger partial charge in [-0.1, -0.05) is 23.2 Å². The van der Waals surface area contributed by atoms with E-state index in [1.54, 1.807) is 0 Å². The van der Waals surface area contributed by atoms with Gasteiger partial charge < -0.3 is 11.1 Å². The third-order valence-corrected chi connectivity index (χ3v) is 2.41. The van der Waals surface area contributed by atoms with E-state index in [0.717, 1.165) is 6.07 Å². The van der Waals surface area contributed by atoms with Gasteiger partial charge in [-0.2, -0.15) is 0 Å². The molecule has 1 amide bonds. The fourth-order valence-corrected chi connectivity index (χ4v) is 1.33. The number of amides is 1. The maximum atomic E-state index is 10.7. The summed E-state index contributed by atoms with van der Waals surface area (Å²) < 4.78 is 0. The van der Waals surface area contributed by atoms with Crippen molar-refractivity contribution in [3.63, 3.8) is 0 Å². The summed E-state index contributed by atoms with van der Waals surface area (Å²) >= 11 is 11.3. The summed E-state index contributed by atoms with van der Waals surface area (Å²) in [5, 5.41) is 13.4. The molecule has 0 saturated heterocycles. The lowest BCUT2D eigenvalue weighted by Crippen LogP contribution is -2.22. The summed E-state index contributed by atoms with van der Waals surface area (Å²) in [4.78, 5) is 20.6. The number of benzene rings is 1. The number of anilines is 1. The highest BCUT2D eigenvalue weighted by atomic mass is 35.5. The average molecular weight is 264 g/mol. The summed E-state index contributed by atoms with van der Waals surface area (Å²) in [6.45, 7) is -0.223. The van der Waals surface area contributed by atoms with E-state index >= 15 is 0 Å². The number of primary amides is 1. The molecule has 8 heteroatoms. The zero-order valence-corrected chi connectivity index (χ0v) is 9.38. The summed E-state index contributed by atoms with van der Waals surface area (Å²) in [5.74, 6) is -0.639. The van der Waals surface area contributed by atoms with Gasteiger partial charge in [0.25, 0.3) is 5.69 Å². The number of nitro groups is 1. The Kier molecular flexibility index (Phi) is 3.92. The first-order chi connectivity index (χ1) is 7.41. The van der Waals surface area contributed by atoms with Crippen molar-refractivity contribution in [1.82, 2.24) is 0 Å². The van der Waals surface area contributed by atoms with Gasteiger partial charge >= 0.3 is 0 Å². The van der Waals surface area contributed by atoms with Crippen LogP contribution >= 0.6 is 23.2 Å². The van der Waals surface area contributed by atoms with Gasteiger partial charge in [-0.15, -0.1) is 0 Å². The van der Waals surface area contributed by atoms with Crippen molar-refractivity contribution < 1.29 is 9.72 Å². The minimum absolute atomic E-state index is 0.0676. The van der Waals surface area contributed by atoms with Crippen molar-refractivity contribution >= 4 is 40.5 Å². The van der Waals surface area contributed by atoms with Gasteiger partial charge in [-0.05, 0) is 6.07 Å². The molecule has 0 heterocycles. The van der Waals surface area contributed by atoms with Gasteiger partial charge in [0.15, 0.2) is 0 Å². The molecule has 0 aliphatic heterocycles. The molecule has 86 valence electrons. The Morgan fingerprint density at radius 3 is 2.50 bits per heavy atom. The second-order valence-corrected chi connectivity index (χ2v) is 3.67. The van der Waals surface area contributed by atoms with E-state index in [9.17, 15) is 14.9 Å². The molecule has 1 aromatic rings. The minimum atomic E-state index is -0.639. The molecule has 16 heavy (non-hydrogen) atoms. The van der Waals surface area contributed by atoms with Crippen LogP contribution in [-0.2, 0) is 4.79 Å². The van der Waals surface area contributed by atoms with Crippen molar-refractivity contribution in [3.05, 3.63) is 32.3 Å². The number of carbonyl (C=O) groups is 1. The van der Waals surface area contributed by atoms with E-state index < -0.39 is 10.8 Å². The maximum absolute atomic E-state index is 10.7. The molecule has 0 saturated carbocycles. The molecule has 0 aliphatic carbocycles. The Balaban J connectivity index is 3.09. The second kappa shape index (κ2) is 5.00. The van der Waals surface area contributed by atoms with Crippen molar-refractivity contribution in [3.8, 4) is 0 Å². The van der Waals surface area contributed by atoms with Crippen LogP contribution in [0.4, 0.5) is 11.4 Å². The lowest BCUT2D eigenvalue weighted by Gasteiger charge is -2.06. The van der Waals surface area contributed by atoms with Crippen molar-refractivity contribution in [1.29, 1.82) is 0 Å². The van der Waals surface area contributed by atoms with E-state index in [4.69, 9.17) is 28.9 Å². The third kappa shape index (κ3) is 2.98. The fraction of sp³-hybridized carbons (Fsp3) is 0.125. The highest BCUT2D eigenvalue weighted by Crippen LogP contribution is 2.33. The van der Waals surface area contributed by atoms with E-state index in [2.05, 4.69) is 5.32 Å². The Labute approximate surface area is 100 Å². The van der Waals surface area contributed by atoms with Crippen LogP contribution in [0.3, 0.4) is 0 Å². The molecule has 1 aromatic carbocycles. The van der Waals surface area contributed by atoms with E-state index in [0.29, 0.717) is 0 Å². The highest BCUT2D eigenvalue weighted by Gasteiger charge is 2.16. The maximum Gasteiger partial charge on any atom is 0.293 e. The number of hydrogen-bond donors (Lipinski definition) is 2. The summed E-state index contributed by atoms with van der Waals surface area (Å²) in [6.07, 6.45) is 0. The number of nitrogens with one attached hydrogen (secondary N) is 1. The quantitative estimate of drug-likeness (QED) is 0.639. The standard InChI is InChI=1S/C8H7Cl2N3O3/c9-4-1-6(12-3-8(11)14)7(13(15)16)2-5(4)10/h1-2,12H,3H2,(H2,11,14). The molecule has 6 nitrogen and oxygen atoms in total. The van der Waals surface area contributed by atoms with Gasteiger partial charge in [0.2, 0.25) is 5.91 Å². The molecule has 0 atom stereocenters. The predicted molar refractivity (Wildman–Crippen MR) is 60.8 cm³/mol. The predicted octanol–water partition coefficient (Wildman–Crippen LogP) is 1.80. The highest BCUT2D eigenvalue weighted by molar-refractivity contribution is 6.42. The molecule has 0 aromatic heterocycles. The van der Waals surface area contributed by atoms with Gasteiger partial charge in [0.05, 0.1) is 21.5 Å². The topological polar surface area (TPSA) is 98.3 Å². The third-order valence-electron chi connectivity index (χ3n) is 1.69. The van der Waals surface area contributed by atoms with Crippen LogP contribution in [0.5, 0.6) is 0 Å². The monoisotopic (exact) mass is 263 g/mol. The van der Waals surface area contributed by atoms with E-state index in [1.165, 1.54) is 6.07 Å². The lowest BCUT2D eigenvalue weighted by molar-refractivity contribution is -0.383. The van der Waals surface area contributed by atoms with Crippen LogP contribution in [0.15, 0.2) is 12.1 Å². The summed E-state index contributed by atoms with van der Waals surface area (Å²) in [7, 11) is 0. The Morgan fingerprint density at radius 1 is 1.44 bits per heavy atom. The Bertz CT molecular complexity index is 450. The molecule has 0 aliphatic rings. The summed E-state index contributed by atoms with van der Waals surface area (Å²) in [5.41, 5.74) is 4.73. The number of nitrogens with zero attached hydrogens (tertiary/aromatic N) is 1. The zero-order valence-electron chi connectivity index (χ0n) is 7.87. The Morgan fingerprint density at radius 2 is 2.00 bits per heavy atom. The number of carbonyl (C=O) groups excluding carboxylic acids is 1. The van der Waals surface area contributed by atoms with Crippen molar-refractivity contribution in [2.45, 2.75) is 0 Å². The Hall–Kier alpha value is -1.53. The second-order valence-electron chi connectivity index (χ2n) is 2.86. The molecular formula is C8H7Cl2N3O3. The number of halogens is 2. The smallest absolute Gasteiger partial charge is 0.293 e. The van der Waals surface area contributed by atoms with Crippen molar-refractivity contribution in [2.75, 3.05) is 11.9 Å². The number of hydrogen-bond acceptors (Lipinski definition) is 4. The fourth-order valence-electron chi connectivity index (χ4n) is 1.01.